The summed E-state index contributed by atoms with van der Waals surface area (Å²) < 4.78 is 44.8. The number of azo groups is 1. The smallest absolute Gasteiger partial charge is 0.451 e. The lowest BCUT2D eigenvalue weighted by molar-refractivity contribution is -0.405. The minimum absolute atomic E-state index is 0.156. The summed E-state index contributed by atoms with van der Waals surface area (Å²) in [5, 5.41) is 15.1. The van der Waals surface area contributed by atoms with Crippen molar-refractivity contribution in [1.29, 1.82) is 0 Å². The van der Waals surface area contributed by atoms with Crippen molar-refractivity contribution in [3.63, 3.8) is 0 Å². The lowest BCUT2D eigenvalue weighted by atomic mass is 10.1. The molecule has 0 fully saturated rings. The number of aliphatic imine (C=N–C) groups is 1. The van der Waals surface area contributed by atoms with Crippen molar-refractivity contribution in [3.05, 3.63) is 70.9 Å². The molecule has 0 aliphatic carbocycles. The van der Waals surface area contributed by atoms with E-state index in [1.165, 1.54) is 12.1 Å². The monoisotopic (exact) mass is 321 g/mol. The lowest BCUT2D eigenvalue weighted by Gasteiger charge is -2.20. The van der Waals surface area contributed by atoms with Gasteiger partial charge in [0.05, 0.1) is 11.1 Å². The van der Waals surface area contributed by atoms with Gasteiger partial charge in [0.25, 0.3) is 0 Å². The molecule has 3 rings (SSSR count). The molecule has 8 heteroatoms. The molecule has 118 valence electrons. The molecule has 23 heavy (non-hydrogen) atoms. The highest BCUT2D eigenvalue weighted by Crippen LogP contribution is 2.40. The molecule has 2 aromatic carbocycles. The van der Waals surface area contributed by atoms with Gasteiger partial charge in [-0.25, -0.2) is 0 Å². The van der Waals surface area contributed by atoms with Crippen LogP contribution < -0.4 is 4.74 Å². The molecule has 0 bridgehead atoms. The van der Waals surface area contributed by atoms with E-state index in [0.29, 0.717) is 5.56 Å². The highest BCUT2D eigenvalue weighted by atomic mass is 19.4. The third-order valence-corrected chi connectivity index (χ3v) is 3.16. The van der Waals surface area contributed by atoms with Gasteiger partial charge in [-0.15, -0.1) is 4.86 Å². The number of alkyl halides is 3. The second kappa shape index (κ2) is 5.38. The minimum atomic E-state index is -4.60. The third kappa shape index (κ3) is 2.87. The van der Waals surface area contributed by atoms with Crippen molar-refractivity contribution in [2.45, 2.75) is 12.0 Å². The highest BCUT2D eigenvalue weighted by Gasteiger charge is 2.47. The van der Waals surface area contributed by atoms with Gasteiger partial charge in [0.2, 0.25) is 0 Å². The number of ether oxygens (including phenoxy) is 1. The van der Waals surface area contributed by atoms with E-state index in [4.69, 9.17) is 4.74 Å². The zero-order valence-corrected chi connectivity index (χ0v) is 11.6. The average molecular weight is 321 g/mol. The van der Waals surface area contributed by atoms with Crippen LogP contribution in [-0.2, 0) is 12.0 Å². The maximum absolute atomic E-state index is 13.1. The molecule has 0 amide bonds. The van der Waals surface area contributed by atoms with E-state index >= 15 is 0 Å². The number of halogens is 3. The van der Waals surface area contributed by atoms with Gasteiger partial charge < -0.3 is 9.94 Å². The van der Waals surface area contributed by atoms with Crippen molar-refractivity contribution in [2.24, 2.45) is 10.1 Å². The Bertz CT molecular complexity index is 775. The molecule has 0 spiro atoms. The summed E-state index contributed by atoms with van der Waals surface area (Å²) in [5.41, 5.74) is -0.628. The molecular weight excluding hydrogens is 311 g/mol. The topological polar surface area (TPSA) is 60.0 Å². The molecule has 5 nitrogen and oxygen atoms in total. The van der Waals surface area contributed by atoms with E-state index < -0.39 is 23.3 Å². The fraction of sp³-hybridized carbons (Fsp3) is 0.133. The number of para-hydroxylation sites is 1. The Balaban J connectivity index is 2.08. The Morgan fingerprint density at radius 2 is 1.65 bits per heavy atom. The summed E-state index contributed by atoms with van der Waals surface area (Å²) in [5.74, 6) is -2.33. The summed E-state index contributed by atoms with van der Waals surface area (Å²) in [4.78, 5) is 4.03. The molecule has 1 aliphatic heterocycles. The van der Waals surface area contributed by atoms with E-state index in [1.807, 2.05) is 0 Å². The first-order chi connectivity index (χ1) is 10.9. The molecular formula is C15H10F3N3O2. The van der Waals surface area contributed by atoms with E-state index in [0.717, 1.165) is 18.5 Å². The van der Waals surface area contributed by atoms with Gasteiger partial charge >= 0.3 is 18.4 Å². The van der Waals surface area contributed by atoms with Gasteiger partial charge in [-0.05, 0) is 34.4 Å². The van der Waals surface area contributed by atoms with Crippen LogP contribution in [0.15, 0.2) is 64.7 Å². The van der Waals surface area contributed by atoms with Crippen molar-refractivity contribution < 1.29 is 22.8 Å². The van der Waals surface area contributed by atoms with Gasteiger partial charge in [-0.2, -0.15) is 13.2 Å². The lowest BCUT2D eigenvalue weighted by Crippen LogP contribution is -2.28. The standard InChI is InChI=1S/C15H10F3N3O2/c16-14(17,18)12-8-4-5-9-13(12)23-15(19-10-21(22)20-15)11-6-2-1-3-7-11/h1-10H. The Morgan fingerprint density at radius 3 is 2.26 bits per heavy atom. The van der Waals surface area contributed by atoms with Crippen molar-refractivity contribution in [3.8, 4) is 5.75 Å². The van der Waals surface area contributed by atoms with Crippen molar-refractivity contribution >= 4 is 6.34 Å². The number of benzene rings is 2. The first-order valence-corrected chi connectivity index (χ1v) is 6.56. The van der Waals surface area contributed by atoms with Crippen LogP contribution in [0.25, 0.3) is 0 Å². The van der Waals surface area contributed by atoms with E-state index in [9.17, 15) is 18.4 Å². The van der Waals surface area contributed by atoms with Crippen LogP contribution in [0.3, 0.4) is 0 Å². The van der Waals surface area contributed by atoms with E-state index in [1.54, 1.807) is 30.3 Å². The Morgan fingerprint density at radius 1 is 1.00 bits per heavy atom. The molecule has 0 aromatic heterocycles. The van der Waals surface area contributed by atoms with Gasteiger partial charge in [0, 0.05) is 0 Å². The number of rotatable bonds is 3. The maximum atomic E-state index is 13.1. The zero-order chi connectivity index (χ0) is 16.5. The van der Waals surface area contributed by atoms with Crippen LogP contribution >= 0.6 is 0 Å². The van der Waals surface area contributed by atoms with Gasteiger partial charge in [-0.1, -0.05) is 30.3 Å². The third-order valence-electron chi connectivity index (χ3n) is 3.16. The second-order valence-corrected chi connectivity index (χ2v) is 4.72. The SMILES string of the molecule is [O-][N+]1=NC(Oc2ccccc2C(F)(F)F)(c2ccccc2)N=C1. The van der Waals surface area contributed by atoms with Crippen LogP contribution in [0.4, 0.5) is 13.2 Å². The Kier molecular flexibility index (Phi) is 3.51. The Hall–Kier alpha value is -2.90. The summed E-state index contributed by atoms with van der Waals surface area (Å²) in [7, 11) is 0. The predicted octanol–water partition coefficient (Wildman–Crippen LogP) is 3.90. The van der Waals surface area contributed by atoms with Gasteiger partial charge in [-0.3, -0.25) is 0 Å². The van der Waals surface area contributed by atoms with Crippen LogP contribution in [0, 0.1) is 5.21 Å². The molecule has 1 aliphatic rings. The fourth-order valence-electron chi connectivity index (χ4n) is 2.15. The normalized spacial score (nSPS) is 20.4. The van der Waals surface area contributed by atoms with Crippen LogP contribution in [0.5, 0.6) is 5.75 Å². The fourth-order valence-corrected chi connectivity index (χ4v) is 2.15. The quantitative estimate of drug-likeness (QED) is 0.636. The van der Waals surface area contributed by atoms with E-state index in [-0.39, 0.29) is 4.86 Å². The molecule has 0 N–H and O–H groups in total. The zero-order valence-electron chi connectivity index (χ0n) is 11.6. The summed E-state index contributed by atoms with van der Waals surface area (Å²) in [6.07, 6.45) is -3.75. The average Bonchev–Trinajstić information content (AvgIpc) is 2.90. The first-order valence-electron chi connectivity index (χ1n) is 6.56. The molecule has 1 heterocycles. The van der Waals surface area contributed by atoms with Gasteiger partial charge in [0.15, 0.2) is 0 Å². The molecule has 0 saturated heterocycles. The van der Waals surface area contributed by atoms with Crippen molar-refractivity contribution in [2.75, 3.05) is 0 Å². The first kappa shape index (κ1) is 15.0. The summed E-state index contributed by atoms with van der Waals surface area (Å²) in [6, 6.07) is 12.8. The van der Waals surface area contributed by atoms with Crippen molar-refractivity contribution in [1.82, 2.24) is 0 Å². The van der Waals surface area contributed by atoms with Gasteiger partial charge in [0.1, 0.15) is 5.75 Å². The minimum Gasteiger partial charge on any atom is -0.691 e. The van der Waals surface area contributed by atoms with E-state index in [2.05, 4.69) is 10.1 Å². The number of hydroxylamine groups is 1. The molecule has 1 atom stereocenters. The number of nitrogens with zero attached hydrogens (tertiary/aromatic N) is 3. The molecule has 0 saturated carbocycles. The molecule has 2 aromatic rings. The Labute approximate surface area is 128 Å². The second-order valence-electron chi connectivity index (χ2n) is 4.72. The predicted molar refractivity (Wildman–Crippen MR) is 74.7 cm³/mol. The molecule has 1 unspecified atom stereocenters. The van der Waals surface area contributed by atoms with Crippen LogP contribution in [-0.4, -0.2) is 11.2 Å². The maximum Gasteiger partial charge on any atom is 0.451 e. The summed E-state index contributed by atoms with van der Waals surface area (Å²) in [6.45, 7) is 0. The summed E-state index contributed by atoms with van der Waals surface area (Å²) >= 11 is 0. The largest absolute Gasteiger partial charge is 0.691 e. The highest BCUT2D eigenvalue weighted by molar-refractivity contribution is 5.48. The molecule has 0 radical (unpaired) electrons. The number of hydrogen-bond acceptors (Lipinski definition) is 4. The number of hydrogen-bond donors (Lipinski definition) is 0. The van der Waals surface area contributed by atoms with Crippen LogP contribution in [0.1, 0.15) is 11.1 Å². The van der Waals surface area contributed by atoms with Crippen LogP contribution in [0.2, 0.25) is 0 Å².